The summed E-state index contributed by atoms with van der Waals surface area (Å²) < 4.78 is 35.0. The molecule has 2 aliphatic heterocycles. The lowest BCUT2D eigenvalue weighted by molar-refractivity contribution is 0.0749. The summed E-state index contributed by atoms with van der Waals surface area (Å²) in [5.74, 6) is 0.649. The Kier molecular flexibility index (Phi) is 5.84. The van der Waals surface area contributed by atoms with Crippen LogP contribution in [-0.2, 0) is 10.0 Å². The molecule has 2 aromatic rings. The van der Waals surface area contributed by atoms with Gasteiger partial charge in [-0.25, -0.2) is 8.42 Å². The zero-order valence-electron chi connectivity index (χ0n) is 17.3. The van der Waals surface area contributed by atoms with Crippen LogP contribution in [-0.4, -0.2) is 65.5 Å². The summed E-state index contributed by atoms with van der Waals surface area (Å²) in [5.41, 5.74) is 0.438. The van der Waals surface area contributed by atoms with Crippen molar-refractivity contribution in [2.24, 2.45) is 5.92 Å². The van der Waals surface area contributed by atoms with Gasteiger partial charge in [-0.05, 0) is 37.0 Å². The first-order valence-electron chi connectivity index (χ1n) is 10.4. The Morgan fingerprint density at radius 3 is 2.73 bits per heavy atom. The Morgan fingerprint density at radius 1 is 1.23 bits per heavy atom. The number of nitrogens with zero attached hydrogens (tertiary/aromatic N) is 3. The fraction of sp³-hybridized carbons (Fsp3) is 0.524. The fourth-order valence-corrected chi connectivity index (χ4v) is 5.99. The monoisotopic (exact) mass is 432 g/mol. The standard InChI is InChI=1S/C21H28N4O4S/c1-15(2)8-14-25-17-9-12-24(21(26)16-7-11-22-23-16)13-10-18(17)29-19-5-3-4-6-20(19)30(25,27)28/h3-7,11,15,17-18H,8-10,12-14H2,1-2H3,(H,22,23)/t17-,18-/m1/s1. The molecule has 9 heteroatoms. The quantitative estimate of drug-likeness (QED) is 0.801. The first-order valence-corrected chi connectivity index (χ1v) is 11.9. The maximum absolute atomic E-state index is 13.6. The van der Waals surface area contributed by atoms with Crippen molar-refractivity contribution in [1.29, 1.82) is 0 Å². The number of aromatic amines is 1. The molecule has 0 saturated carbocycles. The van der Waals surface area contributed by atoms with E-state index in [9.17, 15) is 13.2 Å². The zero-order valence-corrected chi connectivity index (χ0v) is 18.1. The number of likely N-dealkylation sites (tertiary alicyclic amines) is 1. The van der Waals surface area contributed by atoms with Crippen molar-refractivity contribution >= 4 is 15.9 Å². The van der Waals surface area contributed by atoms with Crippen LogP contribution in [0.3, 0.4) is 0 Å². The number of nitrogens with one attached hydrogen (secondary N) is 1. The summed E-state index contributed by atoms with van der Waals surface area (Å²) in [6.07, 6.45) is 3.09. The molecule has 4 rings (SSSR count). The predicted octanol–water partition coefficient (Wildman–Crippen LogP) is 2.51. The topological polar surface area (TPSA) is 95.6 Å². The Hall–Kier alpha value is -2.39. The van der Waals surface area contributed by atoms with Gasteiger partial charge in [0.15, 0.2) is 0 Å². The summed E-state index contributed by atoms with van der Waals surface area (Å²) in [5, 5.41) is 6.57. The lowest BCUT2D eigenvalue weighted by atomic mass is 10.0. The van der Waals surface area contributed by atoms with Crippen molar-refractivity contribution in [3.63, 3.8) is 0 Å². The number of para-hydroxylation sites is 1. The summed E-state index contributed by atoms with van der Waals surface area (Å²) in [6.45, 7) is 5.58. The highest BCUT2D eigenvalue weighted by atomic mass is 32.2. The predicted molar refractivity (Wildman–Crippen MR) is 112 cm³/mol. The number of carbonyl (C=O) groups excluding carboxylic acids is 1. The molecule has 162 valence electrons. The van der Waals surface area contributed by atoms with Crippen molar-refractivity contribution in [3.8, 4) is 5.75 Å². The smallest absolute Gasteiger partial charge is 0.271 e. The van der Waals surface area contributed by atoms with E-state index in [0.717, 1.165) is 6.42 Å². The van der Waals surface area contributed by atoms with Gasteiger partial charge in [-0.15, -0.1) is 0 Å². The number of benzene rings is 1. The number of rotatable bonds is 4. The second-order valence-corrected chi connectivity index (χ2v) is 10.2. The normalized spacial score (nSPS) is 23.8. The number of H-pyrrole nitrogens is 1. The van der Waals surface area contributed by atoms with Crippen LogP contribution in [0, 0.1) is 5.92 Å². The van der Waals surface area contributed by atoms with Gasteiger partial charge in [0.25, 0.3) is 5.91 Å². The van der Waals surface area contributed by atoms with Gasteiger partial charge in [0.2, 0.25) is 10.0 Å². The van der Waals surface area contributed by atoms with E-state index in [-0.39, 0.29) is 22.9 Å². The first-order chi connectivity index (χ1) is 14.4. The second-order valence-electron chi connectivity index (χ2n) is 8.31. The third kappa shape index (κ3) is 3.96. The lowest BCUT2D eigenvalue weighted by Crippen LogP contribution is -2.47. The summed E-state index contributed by atoms with van der Waals surface area (Å²) >= 11 is 0. The van der Waals surface area contributed by atoms with Crippen LogP contribution in [0.15, 0.2) is 41.4 Å². The number of amides is 1. The summed E-state index contributed by atoms with van der Waals surface area (Å²) in [6, 6.07) is 8.18. The highest BCUT2D eigenvalue weighted by Crippen LogP contribution is 2.36. The molecule has 1 N–H and O–H groups in total. The molecule has 1 saturated heterocycles. The van der Waals surface area contributed by atoms with Crippen LogP contribution < -0.4 is 4.74 Å². The molecule has 0 unspecified atom stereocenters. The van der Waals surface area contributed by atoms with Crippen LogP contribution in [0.2, 0.25) is 0 Å². The minimum atomic E-state index is -3.69. The van der Waals surface area contributed by atoms with Crippen molar-refractivity contribution in [1.82, 2.24) is 19.4 Å². The summed E-state index contributed by atoms with van der Waals surface area (Å²) in [7, 11) is -3.69. The van der Waals surface area contributed by atoms with E-state index in [4.69, 9.17) is 4.74 Å². The maximum Gasteiger partial charge on any atom is 0.271 e. The van der Waals surface area contributed by atoms with Crippen LogP contribution in [0.5, 0.6) is 5.75 Å². The van der Waals surface area contributed by atoms with Gasteiger partial charge in [-0.2, -0.15) is 9.40 Å². The van der Waals surface area contributed by atoms with Crippen LogP contribution in [0.4, 0.5) is 0 Å². The Labute approximate surface area is 177 Å². The number of sulfonamides is 1. The molecule has 1 fully saturated rings. The van der Waals surface area contributed by atoms with Crippen molar-refractivity contribution in [3.05, 3.63) is 42.2 Å². The molecule has 1 amide bonds. The average molecular weight is 433 g/mol. The Bertz CT molecular complexity index is 990. The van der Waals surface area contributed by atoms with Gasteiger partial charge in [0.05, 0.1) is 6.04 Å². The first kappa shape index (κ1) is 20.9. The molecule has 2 aliphatic rings. The van der Waals surface area contributed by atoms with E-state index < -0.39 is 10.0 Å². The highest BCUT2D eigenvalue weighted by molar-refractivity contribution is 7.89. The number of fused-ring (bicyclic) bond motifs is 2. The number of hydrogen-bond acceptors (Lipinski definition) is 5. The van der Waals surface area contributed by atoms with Gasteiger partial charge in [0.1, 0.15) is 22.4 Å². The molecular weight excluding hydrogens is 404 g/mol. The van der Waals surface area contributed by atoms with Gasteiger partial charge >= 0.3 is 0 Å². The van der Waals surface area contributed by atoms with E-state index in [2.05, 4.69) is 24.0 Å². The molecule has 0 aliphatic carbocycles. The molecule has 30 heavy (non-hydrogen) atoms. The molecule has 1 aromatic carbocycles. The van der Waals surface area contributed by atoms with E-state index >= 15 is 0 Å². The van der Waals surface area contributed by atoms with E-state index in [1.54, 1.807) is 45.7 Å². The SMILES string of the molecule is CC(C)CCN1[C@@H]2CCN(C(=O)c3ccn[nH]3)CC[C@H]2Oc2ccccc2S1(=O)=O. The second kappa shape index (κ2) is 8.39. The molecule has 2 atom stereocenters. The van der Waals surface area contributed by atoms with Crippen LogP contribution in [0.1, 0.15) is 43.6 Å². The van der Waals surface area contributed by atoms with Crippen molar-refractivity contribution in [2.45, 2.75) is 50.2 Å². The number of aromatic nitrogens is 2. The van der Waals surface area contributed by atoms with Crippen LogP contribution >= 0.6 is 0 Å². The molecule has 0 radical (unpaired) electrons. The lowest BCUT2D eigenvalue weighted by Gasteiger charge is -2.32. The van der Waals surface area contributed by atoms with E-state index in [1.807, 2.05) is 0 Å². The van der Waals surface area contributed by atoms with Gasteiger partial charge in [-0.1, -0.05) is 26.0 Å². The summed E-state index contributed by atoms with van der Waals surface area (Å²) in [4.78, 5) is 14.8. The number of hydrogen-bond donors (Lipinski definition) is 1. The minimum absolute atomic E-state index is 0.124. The molecule has 3 heterocycles. The average Bonchev–Trinajstić information content (AvgIpc) is 3.15. The minimum Gasteiger partial charge on any atom is -0.487 e. The largest absolute Gasteiger partial charge is 0.487 e. The number of carbonyl (C=O) groups is 1. The molecule has 0 spiro atoms. The Morgan fingerprint density at radius 2 is 2.00 bits per heavy atom. The van der Waals surface area contributed by atoms with Crippen molar-refractivity contribution < 1.29 is 17.9 Å². The number of ether oxygens (including phenoxy) is 1. The third-order valence-corrected chi connectivity index (χ3v) is 7.80. The van der Waals surface area contributed by atoms with Crippen LogP contribution in [0.25, 0.3) is 0 Å². The van der Waals surface area contributed by atoms with Gasteiger partial charge in [-0.3, -0.25) is 9.89 Å². The Balaban J connectivity index is 1.66. The molecule has 8 nitrogen and oxygen atoms in total. The van der Waals surface area contributed by atoms with E-state index in [0.29, 0.717) is 49.8 Å². The van der Waals surface area contributed by atoms with Crippen molar-refractivity contribution in [2.75, 3.05) is 19.6 Å². The zero-order chi connectivity index (χ0) is 21.3. The maximum atomic E-state index is 13.6. The fourth-order valence-electron chi connectivity index (χ4n) is 4.18. The molecule has 0 bridgehead atoms. The molecular formula is C21H28N4O4S. The molecule has 1 aromatic heterocycles. The van der Waals surface area contributed by atoms with E-state index in [1.165, 1.54) is 0 Å². The van der Waals surface area contributed by atoms with Gasteiger partial charge < -0.3 is 9.64 Å². The third-order valence-electron chi connectivity index (χ3n) is 5.84. The van der Waals surface area contributed by atoms with Gasteiger partial charge in [0, 0.05) is 32.3 Å². The highest BCUT2D eigenvalue weighted by Gasteiger charge is 2.43.